The van der Waals surface area contributed by atoms with Gasteiger partial charge in [-0.25, -0.2) is 23.1 Å². The van der Waals surface area contributed by atoms with Gasteiger partial charge in [-0.2, -0.15) is 0 Å². The normalized spacial score (nSPS) is 15.0. The largest absolute Gasteiger partial charge is 0.378 e. The molecule has 2 heterocycles. The summed E-state index contributed by atoms with van der Waals surface area (Å²) in [6, 6.07) is 6.42. The summed E-state index contributed by atoms with van der Waals surface area (Å²) >= 11 is 0. The molecule has 1 aliphatic heterocycles. The number of ether oxygens (including phenoxy) is 1. The number of morpholine rings is 1. The summed E-state index contributed by atoms with van der Waals surface area (Å²) in [5.41, 5.74) is -0.175. The Kier molecular flexibility index (Phi) is 5.40. The summed E-state index contributed by atoms with van der Waals surface area (Å²) in [5, 5.41) is 10.6. The van der Waals surface area contributed by atoms with E-state index in [9.17, 15) is 18.5 Å². The monoisotopic (exact) mass is 379 g/mol. The van der Waals surface area contributed by atoms with Crippen molar-refractivity contribution in [1.82, 2.24) is 14.7 Å². The number of hydrogen-bond donors (Lipinski definition) is 1. The summed E-state index contributed by atoms with van der Waals surface area (Å²) in [4.78, 5) is 20.5. The van der Waals surface area contributed by atoms with E-state index in [2.05, 4.69) is 14.7 Å². The lowest BCUT2D eigenvalue weighted by Crippen LogP contribution is -2.37. The van der Waals surface area contributed by atoms with Crippen LogP contribution in [-0.4, -0.2) is 49.6 Å². The second-order valence-electron chi connectivity index (χ2n) is 5.51. The van der Waals surface area contributed by atoms with Crippen LogP contribution >= 0.6 is 0 Å². The van der Waals surface area contributed by atoms with Crippen molar-refractivity contribution in [1.29, 1.82) is 0 Å². The first-order valence-corrected chi connectivity index (χ1v) is 9.33. The SMILES string of the molecule is O=[N+]([O-])c1ccc(S(=O)(=O)NCc2nccc(N3CCOCC3)n2)cc1. The van der Waals surface area contributed by atoms with Gasteiger partial charge < -0.3 is 9.64 Å². The Balaban J connectivity index is 1.68. The first kappa shape index (κ1) is 18.2. The van der Waals surface area contributed by atoms with Crippen LogP contribution in [0.25, 0.3) is 0 Å². The Bertz CT molecular complexity index is 882. The van der Waals surface area contributed by atoms with Gasteiger partial charge in [0.2, 0.25) is 10.0 Å². The van der Waals surface area contributed by atoms with E-state index in [0.29, 0.717) is 37.9 Å². The summed E-state index contributed by atoms with van der Waals surface area (Å²) in [5.74, 6) is 1.05. The lowest BCUT2D eigenvalue weighted by molar-refractivity contribution is -0.384. The first-order valence-electron chi connectivity index (χ1n) is 7.84. The molecule has 1 aliphatic rings. The van der Waals surface area contributed by atoms with Crippen LogP contribution in [0.4, 0.5) is 11.5 Å². The van der Waals surface area contributed by atoms with Crippen molar-refractivity contribution in [3.05, 3.63) is 52.5 Å². The van der Waals surface area contributed by atoms with Gasteiger partial charge in [-0.3, -0.25) is 10.1 Å². The molecule has 1 aromatic carbocycles. The highest BCUT2D eigenvalue weighted by Crippen LogP contribution is 2.16. The maximum Gasteiger partial charge on any atom is 0.269 e. The zero-order valence-corrected chi connectivity index (χ0v) is 14.6. The lowest BCUT2D eigenvalue weighted by Gasteiger charge is -2.27. The predicted molar refractivity (Wildman–Crippen MR) is 92.2 cm³/mol. The third kappa shape index (κ3) is 4.31. The molecule has 138 valence electrons. The molecule has 0 amide bonds. The van der Waals surface area contributed by atoms with E-state index in [1.807, 2.05) is 4.90 Å². The molecule has 0 spiro atoms. The summed E-state index contributed by atoms with van der Waals surface area (Å²) in [6.45, 7) is 2.58. The maximum atomic E-state index is 12.3. The second-order valence-corrected chi connectivity index (χ2v) is 7.27. The molecule has 1 fully saturated rings. The number of non-ortho nitro benzene ring substituents is 1. The molecule has 1 aromatic heterocycles. The molecule has 0 bridgehead atoms. The summed E-state index contributed by atoms with van der Waals surface area (Å²) < 4.78 is 32.3. The van der Waals surface area contributed by atoms with Crippen molar-refractivity contribution in [3.63, 3.8) is 0 Å². The number of sulfonamides is 1. The van der Waals surface area contributed by atoms with E-state index in [4.69, 9.17) is 4.74 Å². The molecule has 3 rings (SSSR count). The van der Waals surface area contributed by atoms with Crippen molar-refractivity contribution in [3.8, 4) is 0 Å². The average molecular weight is 379 g/mol. The minimum absolute atomic E-state index is 0.0626. The van der Waals surface area contributed by atoms with Crippen LogP contribution in [0.2, 0.25) is 0 Å². The van der Waals surface area contributed by atoms with Gasteiger partial charge >= 0.3 is 0 Å². The fourth-order valence-corrected chi connectivity index (χ4v) is 3.41. The molecule has 10 nitrogen and oxygen atoms in total. The number of nitro groups is 1. The van der Waals surface area contributed by atoms with Crippen LogP contribution in [0.1, 0.15) is 5.82 Å². The number of nitrogens with one attached hydrogen (secondary N) is 1. The quantitative estimate of drug-likeness (QED) is 0.574. The number of aromatic nitrogens is 2. The Morgan fingerprint density at radius 1 is 1.19 bits per heavy atom. The summed E-state index contributed by atoms with van der Waals surface area (Å²) in [7, 11) is -3.82. The van der Waals surface area contributed by atoms with Gasteiger partial charge in [0.1, 0.15) is 11.6 Å². The van der Waals surface area contributed by atoms with Crippen LogP contribution in [0.5, 0.6) is 0 Å². The molecule has 0 unspecified atom stereocenters. The van der Waals surface area contributed by atoms with Gasteiger partial charge in [0.25, 0.3) is 5.69 Å². The molecular weight excluding hydrogens is 362 g/mol. The van der Waals surface area contributed by atoms with Gasteiger partial charge in [0.05, 0.1) is 29.6 Å². The zero-order chi connectivity index (χ0) is 18.6. The third-order valence-corrected chi connectivity index (χ3v) is 5.22. The van der Waals surface area contributed by atoms with Crippen molar-refractivity contribution in [2.24, 2.45) is 0 Å². The molecule has 0 saturated carbocycles. The molecule has 1 saturated heterocycles. The highest BCUT2D eigenvalue weighted by molar-refractivity contribution is 7.89. The van der Waals surface area contributed by atoms with Crippen LogP contribution in [0, 0.1) is 10.1 Å². The topological polar surface area (TPSA) is 128 Å². The van der Waals surface area contributed by atoms with E-state index in [-0.39, 0.29) is 17.1 Å². The molecule has 0 atom stereocenters. The maximum absolute atomic E-state index is 12.3. The second kappa shape index (κ2) is 7.72. The van der Waals surface area contributed by atoms with E-state index in [1.54, 1.807) is 12.3 Å². The average Bonchev–Trinajstić information content (AvgIpc) is 2.67. The summed E-state index contributed by atoms with van der Waals surface area (Å²) in [6.07, 6.45) is 1.58. The van der Waals surface area contributed by atoms with Gasteiger partial charge in [-0.15, -0.1) is 0 Å². The van der Waals surface area contributed by atoms with Crippen molar-refractivity contribution >= 4 is 21.5 Å². The lowest BCUT2D eigenvalue weighted by atomic mass is 10.3. The molecule has 11 heteroatoms. The number of nitro benzene ring substituents is 1. The number of nitrogens with zero attached hydrogens (tertiary/aromatic N) is 4. The van der Waals surface area contributed by atoms with Crippen molar-refractivity contribution in [2.75, 3.05) is 31.2 Å². The fourth-order valence-electron chi connectivity index (χ4n) is 2.43. The van der Waals surface area contributed by atoms with Crippen LogP contribution in [0.15, 0.2) is 41.4 Å². The smallest absolute Gasteiger partial charge is 0.269 e. The van der Waals surface area contributed by atoms with E-state index in [0.717, 1.165) is 12.1 Å². The van der Waals surface area contributed by atoms with Gasteiger partial charge in [0.15, 0.2) is 0 Å². The van der Waals surface area contributed by atoms with Gasteiger partial charge in [-0.1, -0.05) is 0 Å². The third-order valence-electron chi connectivity index (χ3n) is 3.80. The Labute approximate surface area is 150 Å². The number of rotatable bonds is 6. The Hall–Kier alpha value is -2.63. The Morgan fingerprint density at radius 2 is 1.88 bits per heavy atom. The first-order chi connectivity index (χ1) is 12.5. The predicted octanol–water partition coefficient (Wildman–Crippen LogP) is 0.700. The molecule has 1 N–H and O–H groups in total. The molecule has 26 heavy (non-hydrogen) atoms. The van der Waals surface area contributed by atoms with Crippen LogP contribution < -0.4 is 9.62 Å². The molecular formula is C15H17N5O5S. The van der Waals surface area contributed by atoms with E-state index < -0.39 is 14.9 Å². The molecule has 0 aliphatic carbocycles. The van der Waals surface area contributed by atoms with Crippen molar-refractivity contribution in [2.45, 2.75) is 11.4 Å². The van der Waals surface area contributed by atoms with E-state index >= 15 is 0 Å². The van der Waals surface area contributed by atoms with E-state index in [1.165, 1.54) is 12.1 Å². The zero-order valence-electron chi connectivity index (χ0n) is 13.7. The molecule has 0 radical (unpaired) electrons. The van der Waals surface area contributed by atoms with Gasteiger partial charge in [0, 0.05) is 31.4 Å². The standard InChI is InChI=1S/C15H17N5O5S/c21-20(22)12-1-3-13(4-2-12)26(23,24)17-11-14-16-6-5-15(18-14)19-7-9-25-10-8-19/h1-6,17H,7-11H2. The number of benzene rings is 1. The Morgan fingerprint density at radius 3 is 2.54 bits per heavy atom. The highest BCUT2D eigenvalue weighted by atomic mass is 32.2. The van der Waals surface area contributed by atoms with Crippen LogP contribution in [-0.2, 0) is 21.3 Å². The minimum atomic E-state index is -3.82. The van der Waals surface area contributed by atoms with Gasteiger partial charge in [-0.05, 0) is 18.2 Å². The number of hydrogen-bond acceptors (Lipinski definition) is 8. The fraction of sp³-hybridized carbons (Fsp3) is 0.333. The minimum Gasteiger partial charge on any atom is -0.378 e. The van der Waals surface area contributed by atoms with Crippen molar-refractivity contribution < 1.29 is 18.1 Å². The van der Waals surface area contributed by atoms with Crippen LogP contribution in [0.3, 0.4) is 0 Å². The molecule has 2 aromatic rings. The number of anilines is 1. The highest BCUT2D eigenvalue weighted by Gasteiger charge is 2.17.